The molecule has 0 bridgehead atoms. The van der Waals surface area contributed by atoms with Crippen molar-refractivity contribution in [3.05, 3.63) is 23.0 Å². The Balaban J connectivity index is 2.50. The van der Waals surface area contributed by atoms with E-state index in [9.17, 15) is 4.79 Å². The topological polar surface area (TPSA) is 44.9 Å². The molecule has 2 N–H and O–H groups in total. The second kappa shape index (κ2) is 5.05. The molecule has 14 heavy (non-hydrogen) atoms. The molecule has 1 atom stereocenters. The monoisotopic (exact) mass is 214 g/mol. The molecule has 4 heteroatoms. The maximum Gasteiger partial charge on any atom is 0.267 e. The largest absolute Gasteiger partial charge is 0.356 e. The maximum absolute atomic E-state index is 11.5. The molecule has 0 aliphatic heterocycles. The van der Waals surface area contributed by atoms with Crippen molar-refractivity contribution in [2.24, 2.45) is 0 Å². The Morgan fingerprint density at radius 3 is 2.93 bits per heavy atom. The van der Waals surface area contributed by atoms with Gasteiger partial charge in [0, 0.05) is 12.2 Å². The van der Waals surface area contributed by atoms with E-state index >= 15 is 0 Å². The van der Waals surface area contributed by atoms with E-state index in [1.807, 2.05) is 6.92 Å². The van der Waals surface area contributed by atoms with Gasteiger partial charge in [0.25, 0.3) is 5.91 Å². The van der Waals surface area contributed by atoms with Gasteiger partial charge in [0.05, 0.1) is 5.02 Å². The lowest BCUT2D eigenvalue weighted by atomic mass is 10.2. The van der Waals surface area contributed by atoms with Crippen molar-refractivity contribution in [2.45, 2.75) is 32.7 Å². The molecule has 1 aromatic heterocycles. The zero-order valence-electron chi connectivity index (χ0n) is 8.43. The standard InChI is InChI=1S/C10H15ClN2O/c1-3-4-7(2)13-10(14)9-5-8(11)6-12-9/h5-7,12H,3-4H2,1-2H3,(H,13,14)/t7-/m0/s1. The molecule has 0 unspecified atom stereocenters. The minimum atomic E-state index is -0.0992. The number of nitrogens with one attached hydrogen (secondary N) is 2. The molecule has 1 aromatic rings. The first-order valence-corrected chi connectivity index (χ1v) is 5.16. The van der Waals surface area contributed by atoms with Gasteiger partial charge in [-0.3, -0.25) is 4.79 Å². The van der Waals surface area contributed by atoms with E-state index < -0.39 is 0 Å². The summed E-state index contributed by atoms with van der Waals surface area (Å²) in [6.07, 6.45) is 3.65. The average Bonchev–Trinajstić information content (AvgIpc) is 2.52. The Bertz CT molecular complexity index is 309. The highest BCUT2D eigenvalue weighted by atomic mass is 35.5. The van der Waals surface area contributed by atoms with Crippen molar-refractivity contribution < 1.29 is 4.79 Å². The van der Waals surface area contributed by atoms with Crippen LogP contribution in [-0.4, -0.2) is 16.9 Å². The molecule has 0 saturated carbocycles. The summed E-state index contributed by atoms with van der Waals surface area (Å²) in [5.41, 5.74) is 0.512. The summed E-state index contributed by atoms with van der Waals surface area (Å²) in [6, 6.07) is 1.82. The number of H-pyrrole nitrogens is 1. The van der Waals surface area contributed by atoms with Crippen molar-refractivity contribution in [1.29, 1.82) is 0 Å². The minimum Gasteiger partial charge on any atom is -0.356 e. The van der Waals surface area contributed by atoms with E-state index in [0.717, 1.165) is 12.8 Å². The molecule has 0 aliphatic rings. The van der Waals surface area contributed by atoms with Crippen LogP contribution < -0.4 is 5.32 Å². The zero-order chi connectivity index (χ0) is 10.6. The molecule has 3 nitrogen and oxygen atoms in total. The van der Waals surface area contributed by atoms with E-state index in [4.69, 9.17) is 11.6 Å². The molecule has 0 aromatic carbocycles. The van der Waals surface area contributed by atoms with Crippen molar-refractivity contribution in [1.82, 2.24) is 10.3 Å². The second-order valence-corrected chi connectivity index (χ2v) is 3.83. The molecule has 1 heterocycles. The lowest BCUT2D eigenvalue weighted by molar-refractivity contribution is 0.0934. The van der Waals surface area contributed by atoms with Gasteiger partial charge in [-0.15, -0.1) is 0 Å². The molecule has 78 valence electrons. The summed E-state index contributed by atoms with van der Waals surface area (Å²) in [4.78, 5) is 14.4. The van der Waals surface area contributed by atoms with E-state index in [0.29, 0.717) is 10.7 Å². The third kappa shape index (κ3) is 3.07. The molecule has 0 spiro atoms. The van der Waals surface area contributed by atoms with Crippen molar-refractivity contribution >= 4 is 17.5 Å². The molecule has 0 saturated heterocycles. The van der Waals surface area contributed by atoms with Crippen LogP contribution in [0.15, 0.2) is 12.3 Å². The summed E-state index contributed by atoms with van der Waals surface area (Å²) in [6.45, 7) is 4.08. The molecular formula is C10H15ClN2O. The molecule has 0 fully saturated rings. The van der Waals surface area contributed by atoms with Gasteiger partial charge in [-0.05, 0) is 19.4 Å². The highest BCUT2D eigenvalue weighted by Crippen LogP contribution is 2.09. The van der Waals surface area contributed by atoms with Crippen molar-refractivity contribution in [3.63, 3.8) is 0 Å². The number of hydrogen-bond acceptors (Lipinski definition) is 1. The predicted molar refractivity (Wildman–Crippen MR) is 57.6 cm³/mol. The SMILES string of the molecule is CCC[C@H](C)NC(=O)c1cc(Cl)c[nH]1. The number of carbonyl (C=O) groups is 1. The van der Waals surface area contributed by atoms with Crippen LogP contribution in [0.5, 0.6) is 0 Å². The van der Waals surface area contributed by atoms with E-state index in [2.05, 4.69) is 17.2 Å². The summed E-state index contributed by atoms with van der Waals surface area (Å²) < 4.78 is 0. The number of carbonyl (C=O) groups excluding carboxylic acids is 1. The molecule has 0 aliphatic carbocycles. The fourth-order valence-electron chi connectivity index (χ4n) is 1.31. The Hall–Kier alpha value is -0.960. The lowest BCUT2D eigenvalue weighted by Gasteiger charge is -2.11. The lowest BCUT2D eigenvalue weighted by Crippen LogP contribution is -2.32. The fraction of sp³-hybridized carbons (Fsp3) is 0.500. The molecule has 1 amide bonds. The fourth-order valence-corrected chi connectivity index (χ4v) is 1.47. The Kier molecular flexibility index (Phi) is 4.01. The van der Waals surface area contributed by atoms with E-state index in [1.54, 1.807) is 12.3 Å². The number of aromatic nitrogens is 1. The van der Waals surface area contributed by atoms with Crippen LogP contribution in [0, 0.1) is 0 Å². The highest BCUT2D eigenvalue weighted by Gasteiger charge is 2.10. The summed E-state index contributed by atoms with van der Waals surface area (Å²) >= 11 is 5.69. The van der Waals surface area contributed by atoms with Crippen LogP contribution in [0.4, 0.5) is 0 Å². The highest BCUT2D eigenvalue weighted by molar-refractivity contribution is 6.30. The van der Waals surface area contributed by atoms with Gasteiger partial charge >= 0.3 is 0 Å². The Morgan fingerprint density at radius 1 is 1.71 bits per heavy atom. The number of halogens is 1. The average molecular weight is 215 g/mol. The van der Waals surface area contributed by atoms with Crippen LogP contribution in [0.3, 0.4) is 0 Å². The van der Waals surface area contributed by atoms with Gasteiger partial charge in [0.15, 0.2) is 0 Å². The number of rotatable bonds is 4. The van der Waals surface area contributed by atoms with Crippen molar-refractivity contribution in [3.8, 4) is 0 Å². The van der Waals surface area contributed by atoms with E-state index in [1.165, 1.54) is 0 Å². The molecular weight excluding hydrogens is 200 g/mol. The van der Waals surface area contributed by atoms with Gasteiger partial charge in [-0.1, -0.05) is 24.9 Å². The molecule has 1 rings (SSSR count). The smallest absolute Gasteiger partial charge is 0.267 e. The first-order chi connectivity index (χ1) is 6.63. The number of hydrogen-bond donors (Lipinski definition) is 2. The van der Waals surface area contributed by atoms with Crippen LogP contribution in [0.25, 0.3) is 0 Å². The van der Waals surface area contributed by atoms with Crippen molar-refractivity contribution in [2.75, 3.05) is 0 Å². The quantitative estimate of drug-likeness (QED) is 0.795. The third-order valence-corrected chi connectivity index (χ3v) is 2.21. The van der Waals surface area contributed by atoms with Gasteiger partial charge < -0.3 is 10.3 Å². The predicted octanol–water partition coefficient (Wildman–Crippen LogP) is 2.59. The van der Waals surface area contributed by atoms with Gasteiger partial charge in [-0.25, -0.2) is 0 Å². The zero-order valence-corrected chi connectivity index (χ0v) is 9.19. The normalized spacial score (nSPS) is 12.5. The minimum absolute atomic E-state index is 0.0992. The summed E-state index contributed by atoms with van der Waals surface area (Å²) in [5, 5.41) is 3.44. The van der Waals surface area contributed by atoms with Crippen LogP contribution in [0.2, 0.25) is 5.02 Å². The first kappa shape index (κ1) is 11.1. The maximum atomic E-state index is 11.5. The summed E-state index contributed by atoms with van der Waals surface area (Å²) in [7, 11) is 0. The van der Waals surface area contributed by atoms with E-state index in [-0.39, 0.29) is 11.9 Å². The van der Waals surface area contributed by atoms with Gasteiger partial charge in [0.2, 0.25) is 0 Å². The third-order valence-electron chi connectivity index (χ3n) is 1.99. The van der Waals surface area contributed by atoms with Crippen LogP contribution in [0.1, 0.15) is 37.2 Å². The first-order valence-electron chi connectivity index (χ1n) is 4.78. The molecule has 0 radical (unpaired) electrons. The second-order valence-electron chi connectivity index (χ2n) is 3.39. The Morgan fingerprint density at radius 2 is 2.43 bits per heavy atom. The van der Waals surface area contributed by atoms with Crippen LogP contribution in [-0.2, 0) is 0 Å². The number of aromatic amines is 1. The van der Waals surface area contributed by atoms with Crippen LogP contribution >= 0.6 is 11.6 Å². The number of amides is 1. The van der Waals surface area contributed by atoms with Gasteiger partial charge in [-0.2, -0.15) is 0 Å². The van der Waals surface area contributed by atoms with Gasteiger partial charge in [0.1, 0.15) is 5.69 Å². The Labute approximate surface area is 88.8 Å². The summed E-state index contributed by atoms with van der Waals surface area (Å²) in [5.74, 6) is -0.0992.